The molecule has 0 unspecified atom stereocenters. The molecule has 0 aliphatic carbocycles. The summed E-state index contributed by atoms with van der Waals surface area (Å²) in [5.74, 6) is -1.37. The van der Waals surface area contributed by atoms with Gasteiger partial charge in [-0.15, -0.1) is 0 Å². The molecule has 0 spiro atoms. The molecule has 3 aliphatic rings. The second kappa shape index (κ2) is 13.1. The van der Waals surface area contributed by atoms with Gasteiger partial charge in [0.2, 0.25) is 5.91 Å². The smallest absolute Gasteiger partial charge is 0.410 e. The molecule has 0 radical (unpaired) electrons. The van der Waals surface area contributed by atoms with E-state index in [1.807, 2.05) is 41.5 Å². The Morgan fingerprint density at radius 2 is 1.72 bits per heavy atom. The second-order valence-corrected chi connectivity index (χ2v) is 14.8. The number of ether oxygens (including phenoxy) is 2. The first-order chi connectivity index (χ1) is 21.5. The number of piperazine rings is 1. The van der Waals surface area contributed by atoms with Crippen LogP contribution in [0.25, 0.3) is 0 Å². The normalized spacial score (nSPS) is 25.4. The van der Waals surface area contributed by atoms with Crippen LogP contribution in [0, 0.1) is 11.6 Å². The Hall–Kier alpha value is -3.22. The molecule has 3 aliphatic heterocycles. The standard InChI is InChI=1S/C34H48F2N6O4/c1-21-14-39(27(15-40-22(2)18-45-19-23(40)3)16-41(21)32(44)46-33(4,5)6)17-30(43)42-20-34(7,8)31-29(42)13-26(37-38-31)11-24-9-10-25(35)12-28(24)36/h9-10,12-13,21-23,27H,11,14-20H2,1-8H3/t21-,22-,23-,27+/m1/s1. The summed E-state index contributed by atoms with van der Waals surface area (Å²) in [6, 6.07) is 5.40. The molecule has 12 heteroatoms. The van der Waals surface area contributed by atoms with Crippen LogP contribution in [0.15, 0.2) is 24.3 Å². The van der Waals surface area contributed by atoms with E-state index in [1.165, 1.54) is 12.1 Å². The van der Waals surface area contributed by atoms with E-state index in [0.29, 0.717) is 62.0 Å². The van der Waals surface area contributed by atoms with Crippen molar-refractivity contribution in [3.63, 3.8) is 0 Å². The van der Waals surface area contributed by atoms with E-state index >= 15 is 0 Å². The number of hydrogen-bond donors (Lipinski definition) is 0. The van der Waals surface area contributed by atoms with Gasteiger partial charge in [-0.1, -0.05) is 19.9 Å². The third-order valence-electron chi connectivity index (χ3n) is 9.19. The predicted molar refractivity (Wildman–Crippen MR) is 171 cm³/mol. The molecule has 4 atom stereocenters. The Bertz CT molecular complexity index is 1440. The summed E-state index contributed by atoms with van der Waals surface area (Å²) in [7, 11) is 0. The third-order valence-corrected chi connectivity index (χ3v) is 9.19. The van der Waals surface area contributed by atoms with Crippen molar-refractivity contribution >= 4 is 17.7 Å². The summed E-state index contributed by atoms with van der Waals surface area (Å²) in [6.45, 7) is 19.4. The monoisotopic (exact) mass is 642 g/mol. The average molecular weight is 643 g/mol. The summed E-state index contributed by atoms with van der Waals surface area (Å²) in [5.41, 5.74) is 1.12. The van der Waals surface area contributed by atoms with Crippen molar-refractivity contribution in [1.82, 2.24) is 24.9 Å². The van der Waals surface area contributed by atoms with E-state index in [2.05, 4.69) is 33.8 Å². The van der Waals surface area contributed by atoms with Crippen LogP contribution >= 0.6 is 0 Å². The van der Waals surface area contributed by atoms with Crippen LogP contribution in [-0.4, -0.2) is 113 Å². The van der Waals surface area contributed by atoms with Crippen molar-refractivity contribution in [3.8, 4) is 0 Å². The zero-order chi connectivity index (χ0) is 33.6. The first-order valence-electron chi connectivity index (χ1n) is 16.2. The van der Waals surface area contributed by atoms with E-state index < -0.39 is 22.7 Å². The highest BCUT2D eigenvalue weighted by Crippen LogP contribution is 2.39. The average Bonchev–Trinajstić information content (AvgIpc) is 3.22. The molecule has 0 N–H and O–H groups in total. The number of rotatable bonds is 6. The maximum atomic E-state index is 14.4. The number of aromatic nitrogens is 2. The van der Waals surface area contributed by atoms with Crippen LogP contribution in [0.3, 0.4) is 0 Å². The molecule has 2 amide bonds. The highest BCUT2D eigenvalue weighted by molar-refractivity contribution is 5.97. The van der Waals surface area contributed by atoms with Gasteiger partial charge in [-0.3, -0.25) is 14.6 Å². The molecule has 46 heavy (non-hydrogen) atoms. The molecule has 2 fully saturated rings. The molecule has 2 saturated heterocycles. The van der Waals surface area contributed by atoms with Gasteiger partial charge < -0.3 is 19.3 Å². The SMILES string of the molecule is C[C@@H]1CN(CC(=O)N2CC(C)(C)c3nnc(Cc4ccc(F)cc4F)cc32)[C@@H](CN2[C@H](C)COC[C@H]2C)CN1C(=O)OC(C)(C)C. The first-order valence-corrected chi connectivity index (χ1v) is 16.2. The zero-order valence-electron chi connectivity index (χ0n) is 28.3. The second-order valence-electron chi connectivity index (χ2n) is 14.8. The lowest BCUT2D eigenvalue weighted by molar-refractivity contribution is -0.122. The summed E-state index contributed by atoms with van der Waals surface area (Å²) in [5, 5.41) is 8.83. The minimum atomic E-state index is -0.648. The van der Waals surface area contributed by atoms with Crippen molar-refractivity contribution in [2.45, 2.75) is 97.0 Å². The zero-order valence-corrected chi connectivity index (χ0v) is 28.3. The molecular weight excluding hydrogens is 594 g/mol. The van der Waals surface area contributed by atoms with E-state index in [4.69, 9.17) is 9.47 Å². The molecular formula is C34H48F2N6O4. The van der Waals surface area contributed by atoms with Crippen molar-refractivity contribution in [2.75, 3.05) is 50.8 Å². The molecule has 4 heterocycles. The van der Waals surface area contributed by atoms with Crippen molar-refractivity contribution < 1.29 is 27.8 Å². The number of benzene rings is 1. The molecule has 1 aromatic carbocycles. The maximum absolute atomic E-state index is 14.4. The van der Waals surface area contributed by atoms with Gasteiger partial charge in [0.25, 0.3) is 0 Å². The van der Waals surface area contributed by atoms with Crippen LogP contribution in [0.2, 0.25) is 0 Å². The van der Waals surface area contributed by atoms with Crippen LogP contribution in [-0.2, 0) is 26.1 Å². The summed E-state index contributed by atoms with van der Waals surface area (Å²) < 4.78 is 39.4. The number of hydrogen-bond acceptors (Lipinski definition) is 8. The van der Waals surface area contributed by atoms with E-state index in [0.717, 1.165) is 6.07 Å². The quantitative estimate of drug-likeness (QED) is 0.459. The fourth-order valence-electron chi connectivity index (χ4n) is 6.78. The lowest BCUT2D eigenvalue weighted by Gasteiger charge is -2.48. The Balaban J connectivity index is 1.38. The highest BCUT2D eigenvalue weighted by Gasteiger charge is 2.43. The number of amides is 2. The molecule has 0 saturated carbocycles. The topological polar surface area (TPSA) is 91.3 Å². The summed E-state index contributed by atoms with van der Waals surface area (Å²) in [4.78, 5) is 35.6. The number of morpholine rings is 1. The van der Waals surface area contributed by atoms with E-state index in [-0.39, 0.29) is 49.1 Å². The molecule has 0 bridgehead atoms. The number of fused-ring (bicyclic) bond motifs is 1. The van der Waals surface area contributed by atoms with Crippen LogP contribution in [0.5, 0.6) is 0 Å². The van der Waals surface area contributed by atoms with Crippen LogP contribution < -0.4 is 4.90 Å². The number of halogens is 2. The van der Waals surface area contributed by atoms with Crippen LogP contribution in [0.1, 0.15) is 72.3 Å². The van der Waals surface area contributed by atoms with Crippen molar-refractivity contribution in [3.05, 3.63) is 52.9 Å². The first kappa shape index (κ1) is 34.1. The van der Waals surface area contributed by atoms with E-state index in [1.54, 1.807) is 15.9 Å². The van der Waals surface area contributed by atoms with Gasteiger partial charge in [0.15, 0.2) is 0 Å². The molecule has 10 nitrogen and oxygen atoms in total. The van der Waals surface area contributed by atoms with E-state index in [9.17, 15) is 18.4 Å². The number of carbonyl (C=O) groups excluding carboxylic acids is 2. The number of anilines is 1. The van der Waals surface area contributed by atoms with Gasteiger partial charge in [-0.25, -0.2) is 13.6 Å². The van der Waals surface area contributed by atoms with Gasteiger partial charge in [0.1, 0.15) is 17.2 Å². The Labute approximate surface area is 271 Å². The van der Waals surface area contributed by atoms with Crippen LogP contribution in [0.4, 0.5) is 19.3 Å². The molecule has 1 aromatic heterocycles. The number of carbonyl (C=O) groups is 2. The molecule has 2 aromatic rings. The minimum absolute atomic E-state index is 0.0790. The fraction of sp³-hybridized carbons (Fsp3) is 0.647. The van der Waals surface area contributed by atoms with Gasteiger partial charge in [0.05, 0.1) is 36.8 Å². The van der Waals surface area contributed by atoms with Crippen molar-refractivity contribution in [1.29, 1.82) is 0 Å². The minimum Gasteiger partial charge on any atom is -0.444 e. The van der Waals surface area contributed by atoms with Crippen molar-refractivity contribution in [2.24, 2.45) is 0 Å². The highest BCUT2D eigenvalue weighted by atomic mass is 19.1. The summed E-state index contributed by atoms with van der Waals surface area (Å²) >= 11 is 0. The third kappa shape index (κ3) is 7.50. The lowest BCUT2D eigenvalue weighted by Crippen LogP contribution is -2.65. The fourth-order valence-corrected chi connectivity index (χ4v) is 6.78. The Kier molecular flexibility index (Phi) is 9.73. The Morgan fingerprint density at radius 3 is 2.37 bits per heavy atom. The molecule has 5 rings (SSSR count). The van der Waals surface area contributed by atoms with Gasteiger partial charge in [-0.05, 0) is 59.2 Å². The largest absolute Gasteiger partial charge is 0.444 e. The predicted octanol–water partition coefficient (Wildman–Crippen LogP) is 4.39. The lowest BCUT2D eigenvalue weighted by atomic mass is 9.91. The van der Waals surface area contributed by atoms with Gasteiger partial charge in [-0.2, -0.15) is 10.2 Å². The molecule has 252 valence electrons. The van der Waals surface area contributed by atoms with Gasteiger partial charge in [0, 0.05) is 68.2 Å². The number of nitrogens with zero attached hydrogens (tertiary/aromatic N) is 6. The summed E-state index contributed by atoms with van der Waals surface area (Å²) in [6.07, 6.45) is -0.227. The Morgan fingerprint density at radius 1 is 1.02 bits per heavy atom. The maximum Gasteiger partial charge on any atom is 0.410 e. The van der Waals surface area contributed by atoms with Gasteiger partial charge >= 0.3 is 6.09 Å².